The minimum absolute atomic E-state index is 0.0282. The summed E-state index contributed by atoms with van der Waals surface area (Å²) in [5.74, 6) is -0.335. The van der Waals surface area contributed by atoms with E-state index < -0.39 is 33.8 Å². The van der Waals surface area contributed by atoms with Crippen molar-refractivity contribution in [1.29, 1.82) is 0 Å². The number of rotatable bonds is 3. The molecule has 2 aromatic carbocycles. The lowest BCUT2D eigenvalue weighted by Gasteiger charge is -2.21. The number of amides is 1. The number of carbonyl (C=O) groups is 1. The fourth-order valence-electron chi connectivity index (χ4n) is 2.98. The lowest BCUT2D eigenvalue weighted by atomic mass is 10.2. The summed E-state index contributed by atoms with van der Waals surface area (Å²) < 4.78 is 69.3. The Balaban J connectivity index is 1.81. The Bertz CT molecular complexity index is 1020. The highest BCUT2D eigenvalue weighted by atomic mass is 32.2. The van der Waals surface area contributed by atoms with E-state index in [0.717, 1.165) is 36.1 Å². The van der Waals surface area contributed by atoms with Gasteiger partial charge in [-0.05, 0) is 48.9 Å². The fraction of sp³-hybridized carbons (Fsp3) is 0.316. The normalized spacial score (nSPS) is 17.1. The Kier molecular flexibility index (Phi) is 5.48. The monoisotopic (exact) mass is 428 g/mol. The van der Waals surface area contributed by atoms with Crippen LogP contribution in [0.5, 0.6) is 5.75 Å². The van der Waals surface area contributed by atoms with Crippen molar-refractivity contribution in [2.45, 2.75) is 25.6 Å². The number of nitrogens with one attached hydrogen (secondary N) is 1. The Hall–Kier alpha value is -2.75. The van der Waals surface area contributed by atoms with Gasteiger partial charge in [-0.2, -0.15) is 13.2 Å². The van der Waals surface area contributed by atoms with Crippen molar-refractivity contribution < 1.29 is 31.1 Å². The number of carbonyl (C=O) groups excluding carboxylic acids is 1. The van der Waals surface area contributed by atoms with Crippen molar-refractivity contribution in [1.82, 2.24) is 0 Å². The molecule has 10 heteroatoms. The largest absolute Gasteiger partial charge is 0.478 e. The smallest absolute Gasteiger partial charge is 0.416 e. The Morgan fingerprint density at radius 1 is 1.17 bits per heavy atom. The van der Waals surface area contributed by atoms with Crippen LogP contribution in [-0.2, 0) is 21.0 Å². The van der Waals surface area contributed by atoms with Gasteiger partial charge in [-0.15, -0.1) is 0 Å². The van der Waals surface area contributed by atoms with E-state index in [9.17, 15) is 26.4 Å². The maximum absolute atomic E-state index is 12.7. The second-order valence-electron chi connectivity index (χ2n) is 6.77. The minimum Gasteiger partial charge on any atom is -0.478 e. The molecule has 29 heavy (non-hydrogen) atoms. The SMILES string of the molecule is Cc1ccc2c(c1)N(S(C)(=O)=O)CC[C@@H](C(=O)Nc1ccc(C(F)(F)F)cc1)O2. The molecule has 2 aromatic rings. The van der Waals surface area contributed by atoms with Crippen molar-refractivity contribution in [3.63, 3.8) is 0 Å². The second-order valence-corrected chi connectivity index (χ2v) is 8.67. The summed E-state index contributed by atoms with van der Waals surface area (Å²) in [7, 11) is -3.59. The highest BCUT2D eigenvalue weighted by Crippen LogP contribution is 2.35. The molecule has 0 aliphatic carbocycles. The van der Waals surface area contributed by atoms with Gasteiger partial charge in [0.1, 0.15) is 5.75 Å². The molecule has 1 amide bonds. The van der Waals surface area contributed by atoms with Crippen LogP contribution in [0, 0.1) is 6.92 Å². The highest BCUT2D eigenvalue weighted by Gasteiger charge is 2.32. The zero-order chi connectivity index (χ0) is 21.4. The molecule has 0 saturated heterocycles. The zero-order valence-electron chi connectivity index (χ0n) is 15.7. The number of aryl methyl sites for hydroxylation is 1. The first kappa shape index (κ1) is 21.0. The molecule has 6 nitrogen and oxygen atoms in total. The van der Waals surface area contributed by atoms with Crippen LogP contribution >= 0.6 is 0 Å². The number of anilines is 2. The molecule has 0 radical (unpaired) electrons. The summed E-state index contributed by atoms with van der Waals surface area (Å²) in [5.41, 5.74) is 0.528. The van der Waals surface area contributed by atoms with Gasteiger partial charge in [-0.25, -0.2) is 8.42 Å². The minimum atomic E-state index is -4.47. The number of ether oxygens (including phenoxy) is 1. The third-order valence-corrected chi connectivity index (χ3v) is 5.60. The number of sulfonamides is 1. The average molecular weight is 428 g/mol. The van der Waals surface area contributed by atoms with E-state index in [1.807, 2.05) is 0 Å². The van der Waals surface area contributed by atoms with Gasteiger partial charge >= 0.3 is 6.18 Å². The van der Waals surface area contributed by atoms with E-state index in [0.29, 0.717) is 5.69 Å². The highest BCUT2D eigenvalue weighted by molar-refractivity contribution is 7.92. The molecule has 0 bridgehead atoms. The van der Waals surface area contributed by atoms with Gasteiger partial charge in [0.2, 0.25) is 10.0 Å². The van der Waals surface area contributed by atoms with Gasteiger partial charge in [-0.3, -0.25) is 9.10 Å². The van der Waals surface area contributed by atoms with Crippen LogP contribution in [0.3, 0.4) is 0 Å². The number of alkyl halides is 3. The van der Waals surface area contributed by atoms with Crippen LogP contribution in [0.1, 0.15) is 17.5 Å². The third kappa shape index (κ3) is 4.81. The van der Waals surface area contributed by atoms with Crippen molar-refractivity contribution >= 4 is 27.3 Å². The van der Waals surface area contributed by atoms with Crippen molar-refractivity contribution in [3.8, 4) is 5.75 Å². The summed E-state index contributed by atoms with van der Waals surface area (Å²) in [6.45, 7) is 1.83. The van der Waals surface area contributed by atoms with E-state index >= 15 is 0 Å². The van der Waals surface area contributed by atoms with Gasteiger partial charge in [0, 0.05) is 18.7 Å². The van der Waals surface area contributed by atoms with Crippen LogP contribution in [0.15, 0.2) is 42.5 Å². The zero-order valence-corrected chi connectivity index (χ0v) is 16.5. The maximum atomic E-state index is 12.7. The summed E-state index contributed by atoms with van der Waals surface area (Å²) >= 11 is 0. The molecule has 1 aliphatic rings. The summed E-state index contributed by atoms with van der Waals surface area (Å²) in [6, 6.07) is 9.02. The topological polar surface area (TPSA) is 75.7 Å². The molecule has 1 heterocycles. The molecule has 1 N–H and O–H groups in total. The first-order chi connectivity index (χ1) is 13.4. The van der Waals surface area contributed by atoms with Crippen LogP contribution < -0.4 is 14.4 Å². The number of halogens is 3. The molecular weight excluding hydrogens is 409 g/mol. The lowest BCUT2D eigenvalue weighted by Crippen LogP contribution is -2.36. The van der Waals surface area contributed by atoms with Crippen LogP contribution in [0.4, 0.5) is 24.5 Å². The number of benzene rings is 2. The molecular formula is C19H19F3N2O4S. The predicted molar refractivity (Wildman–Crippen MR) is 102 cm³/mol. The van der Waals surface area contributed by atoms with Crippen LogP contribution in [-0.4, -0.2) is 33.2 Å². The number of nitrogens with zero attached hydrogens (tertiary/aromatic N) is 1. The Morgan fingerprint density at radius 2 is 1.83 bits per heavy atom. The third-order valence-electron chi connectivity index (χ3n) is 4.42. The molecule has 0 unspecified atom stereocenters. The van der Waals surface area contributed by atoms with Crippen molar-refractivity contribution in [3.05, 3.63) is 53.6 Å². The van der Waals surface area contributed by atoms with Crippen molar-refractivity contribution in [2.24, 2.45) is 0 Å². The molecule has 3 rings (SSSR count). The van der Waals surface area contributed by atoms with Gasteiger partial charge in [0.15, 0.2) is 6.10 Å². The van der Waals surface area contributed by atoms with E-state index in [1.165, 1.54) is 4.31 Å². The van der Waals surface area contributed by atoms with E-state index in [2.05, 4.69) is 5.32 Å². The fourth-order valence-corrected chi connectivity index (χ4v) is 3.92. The first-order valence-corrected chi connectivity index (χ1v) is 10.5. The lowest BCUT2D eigenvalue weighted by molar-refractivity contribution is -0.137. The Morgan fingerprint density at radius 3 is 2.41 bits per heavy atom. The summed E-state index contributed by atoms with van der Waals surface area (Å²) in [4.78, 5) is 12.6. The molecule has 1 atom stereocenters. The Labute approximate surface area is 166 Å². The van der Waals surface area contributed by atoms with Crippen LogP contribution in [0.25, 0.3) is 0 Å². The maximum Gasteiger partial charge on any atom is 0.416 e. The number of fused-ring (bicyclic) bond motifs is 1. The van der Waals surface area contributed by atoms with E-state index in [1.54, 1.807) is 25.1 Å². The quantitative estimate of drug-likeness (QED) is 0.811. The average Bonchev–Trinajstić information content (AvgIpc) is 2.80. The molecule has 1 aliphatic heterocycles. The number of hydrogen-bond donors (Lipinski definition) is 1. The standard InChI is InChI=1S/C19H19F3N2O4S/c1-12-3-8-16-15(11-12)24(29(2,26)27)10-9-17(28-16)18(25)23-14-6-4-13(5-7-14)19(20,21)22/h3-8,11,17H,9-10H2,1-2H3,(H,23,25)/t17-/m0/s1. The van der Waals surface area contributed by atoms with Crippen LogP contribution in [0.2, 0.25) is 0 Å². The number of hydrogen-bond acceptors (Lipinski definition) is 4. The molecule has 0 aromatic heterocycles. The summed E-state index contributed by atoms with van der Waals surface area (Å²) in [5, 5.41) is 2.51. The molecule has 0 saturated carbocycles. The van der Waals surface area contributed by atoms with Gasteiger partial charge in [0.25, 0.3) is 5.91 Å². The van der Waals surface area contributed by atoms with Gasteiger partial charge < -0.3 is 10.1 Å². The first-order valence-electron chi connectivity index (χ1n) is 8.68. The summed E-state index contributed by atoms with van der Waals surface area (Å²) in [6.07, 6.45) is -4.33. The van der Waals surface area contributed by atoms with E-state index in [4.69, 9.17) is 4.74 Å². The molecule has 0 spiro atoms. The van der Waals surface area contributed by atoms with Gasteiger partial charge in [-0.1, -0.05) is 6.07 Å². The second kappa shape index (κ2) is 7.58. The molecule has 0 fully saturated rings. The van der Waals surface area contributed by atoms with Gasteiger partial charge in [0.05, 0.1) is 17.5 Å². The van der Waals surface area contributed by atoms with Crippen molar-refractivity contribution in [2.75, 3.05) is 22.4 Å². The molecule has 156 valence electrons. The van der Waals surface area contributed by atoms with E-state index in [-0.39, 0.29) is 24.4 Å². The predicted octanol–water partition coefficient (Wildman–Crippen LogP) is 3.57.